The van der Waals surface area contributed by atoms with E-state index in [-0.39, 0.29) is 5.56 Å². The summed E-state index contributed by atoms with van der Waals surface area (Å²) in [6, 6.07) is 5.39. The van der Waals surface area contributed by atoms with Gasteiger partial charge in [-0.3, -0.25) is 13.8 Å². The van der Waals surface area contributed by atoms with Crippen molar-refractivity contribution < 1.29 is 4.74 Å². The van der Waals surface area contributed by atoms with E-state index in [1.165, 1.54) is 11.8 Å². The van der Waals surface area contributed by atoms with Crippen LogP contribution < -0.4 is 10.5 Å². The number of morpholine rings is 1. The van der Waals surface area contributed by atoms with Crippen LogP contribution in [0.25, 0.3) is 5.65 Å². The molecule has 1 fully saturated rings. The van der Waals surface area contributed by atoms with E-state index in [0.29, 0.717) is 24.6 Å². The van der Waals surface area contributed by atoms with Gasteiger partial charge in [0.1, 0.15) is 5.65 Å². The summed E-state index contributed by atoms with van der Waals surface area (Å²) in [7, 11) is 1.96. The summed E-state index contributed by atoms with van der Waals surface area (Å²) in [4.78, 5) is 19.1. The Labute approximate surface area is 154 Å². The van der Waals surface area contributed by atoms with Crippen LogP contribution in [-0.2, 0) is 17.5 Å². The molecule has 136 valence electrons. The average Bonchev–Trinajstić information content (AvgIpc) is 3.02. The smallest absolute Gasteiger partial charge is 0.258 e. The maximum absolute atomic E-state index is 12.3. The molecule has 4 rings (SSSR count). The Kier molecular flexibility index (Phi) is 4.64. The molecule has 1 aliphatic heterocycles. The predicted molar refractivity (Wildman–Crippen MR) is 99.8 cm³/mol. The lowest BCUT2D eigenvalue weighted by atomic mass is 10.3. The normalized spacial score (nSPS) is 14.9. The van der Waals surface area contributed by atoms with Gasteiger partial charge in [-0.05, 0) is 18.6 Å². The van der Waals surface area contributed by atoms with E-state index in [1.54, 1.807) is 16.7 Å². The van der Waals surface area contributed by atoms with E-state index in [4.69, 9.17) is 4.74 Å². The minimum Gasteiger partial charge on any atom is -0.378 e. The van der Waals surface area contributed by atoms with Crippen molar-refractivity contribution in [2.75, 3.05) is 31.2 Å². The third kappa shape index (κ3) is 3.19. The molecular formula is C17H20N6O2S. The number of anilines is 1. The molecule has 8 nitrogen and oxygen atoms in total. The third-order valence-corrected chi connectivity index (χ3v) is 5.45. The van der Waals surface area contributed by atoms with Crippen molar-refractivity contribution in [3.05, 3.63) is 46.0 Å². The molecule has 3 aromatic rings. The molecule has 1 saturated heterocycles. The SMILES string of the molecule is Cc1cccn2c(=O)cc(CSc3nnc(N4CCOCC4)n3C)nc12. The highest BCUT2D eigenvalue weighted by atomic mass is 32.2. The zero-order valence-electron chi connectivity index (χ0n) is 14.8. The van der Waals surface area contributed by atoms with Crippen LogP contribution in [0, 0.1) is 6.92 Å². The minimum absolute atomic E-state index is 0.0683. The van der Waals surface area contributed by atoms with Crippen molar-refractivity contribution in [2.24, 2.45) is 7.05 Å². The number of pyridine rings is 1. The van der Waals surface area contributed by atoms with E-state index in [2.05, 4.69) is 20.1 Å². The fourth-order valence-electron chi connectivity index (χ4n) is 2.99. The van der Waals surface area contributed by atoms with Crippen molar-refractivity contribution in [1.82, 2.24) is 24.1 Å². The van der Waals surface area contributed by atoms with E-state index >= 15 is 0 Å². The van der Waals surface area contributed by atoms with Crippen molar-refractivity contribution in [1.29, 1.82) is 0 Å². The van der Waals surface area contributed by atoms with Crippen LogP contribution in [0.3, 0.4) is 0 Å². The van der Waals surface area contributed by atoms with Crippen LogP contribution in [0.4, 0.5) is 5.95 Å². The average molecular weight is 372 g/mol. The molecule has 0 saturated carbocycles. The number of ether oxygens (including phenoxy) is 1. The van der Waals surface area contributed by atoms with Gasteiger partial charge in [-0.2, -0.15) is 0 Å². The number of thioether (sulfide) groups is 1. The van der Waals surface area contributed by atoms with Crippen LogP contribution in [0.15, 0.2) is 34.3 Å². The van der Waals surface area contributed by atoms with Gasteiger partial charge in [0.2, 0.25) is 5.95 Å². The van der Waals surface area contributed by atoms with Crippen LogP contribution in [0.5, 0.6) is 0 Å². The molecule has 3 aromatic heterocycles. The Morgan fingerprint density at radius 3 is 2.88 bits per heavy atom. The van der Waals surface area contributed by atoms with Gasteiger partial charge in [-0.1, -0.05) is 17.8 Å². The highest BCUT2D eigenvalue weighted by Gasteiger charge is 2.18. The number of aromatic nitrogens is 5. The lowest BCUT2D eigenvalue weighted by Crippen LogP contribution is -2.37. The Balaban J connectivity index is 1.54. The molecule has 0 aromatic carbocycles. The van der Waals surface area contributed by atoms with Crippen molar-refractivity contribution in [3.63, 3.8) is 0 Å². The molecular weight excluding hydrogens is 352 g/mol. The molecule has 0 spiro atoms. The maximum Gasteiger partial charge on any atom is 0.258 e. The first-order chi connectivity index (χ1) is 12.6. The predicted octanol–water partition coefficient (Wildman–Crippen LogP) is 1.26. The van der Waals surface area contributed by atoms with Gasteiger partial charge in [0.25, 0.3) is 5.56 Å². The second-order valence-corrected chi connectivity index (χ2v) is 7.14. The maximum atomic E-state index is 12.3. The van der Waals surface area contributed by atoms with Crippen LogP contribution in [-0.4, -0.2) is 50.5 Å². The molecule has 0 bridgehead atoms. The highest BCUT2D eigenvalue weighted by Crippen LogP contribution is 2.23. The summed E-state index contributed by atoms with van der Waals surface area (Å²) in [6.45, 7) is 5.01. The molecule has 26 heavy (non-hydrogen) atoms. The van der Waals surface area contributed by atoms with Gasteiger partial charge < -0.3 is 9.64 Å². The summed E-state index contributed by atoms with van der Waals surface area (Å²) in [5.74, 6) is 1.41. The Bertz CT molecular complexity index is 993. The largest absolute Gasteiger partial charge is 0.378 e. The highest BCUT2D eigenvalue weighted by molar-refractivity contribution is 7.98. The van der Waals surface area contributed by atoms with Gasteiger partial charge in [-0.15, -0.1) is 10.2 Å². The minimum atomic E-state index is -0.0683. The fraction of sp³-hybridized carbons (Fsp3) is 0.412. The van der Waals surface area contributed by atoms with Crippen LogP contribution >= 0.6 is 11.8 Å². The molecule has 9 heteroatoms. The van der Waals surface area contributed by atoms with E-state index < -0.39 is 0 Å². The zero-order chi connectivity index (χ0) is 18.1. The molecule has 0 aliphatic carbocycles. The number of nitrogens with zero attached hydrogens (tertiary/aromatic N) is 6. The number of aryl methyl sites for hydroxylation is 1. The topological polar surface area (TPSA) is 77.5 Å². The standard InChI is InChI=1S/C17H20N6O2S/c1-12-4-3-5-23-14(24)10-13(18-15(12)23)11-26-17-20-19-16(21(17)2)22-6-8-25-9-7-22/h3-5,10H,6-9,11H2,1-2H3. The summed E-state index contributed by atoms with van der Waals surface area (Å²) >= 11 is 1.53. The molecule has 0 unspecified atom stereocenters. The van der Waals surface area contributed by atoms with E-state index in [9.17, 15) is 4.79 Å². The Hall–Kier alpha value is -2.39. The molecule has 0 N–H and O–H groups in total. The van der Waals surface area contributed by atoms with Gasteiger partial charge in [0.15, 0.2) is 5.16 Å². The second kappa shape index (κ2) is 7.08. The summed E-state index contributed by atoms with van der Waals surface area (Å²) in [6.07, 6.45) is 1.74. The van der Waals surface area contributed by atoms with Crippen LogP contribution in [0.1, 0.15) is 11.3 Å². The molecule has 4 heterocycles. The number of rotatable bonds is 4. The van der Waals surface area contributed by atoms with Crippen molar-refractivity contribution in [2.45, 2.75) is 17.8 Å². The second-order valence-electron chi connectivity index (χ2n) is 6.20. The summed E-state index contributed by atoms with van der Waals surface area (Å²) in [5.41, 5.74) is 2.35. The third-order valence-electron chi connectivity index (χ3n) is 4.39. The van der Waals surface area contributed by atoms with Crippen molar-refractivity contribution in [3.8, 4) is 0 Å². The van der Waals surface area contributed by atoms with Gasteiger partial charge >= 0.3 is 0 Å². The first-order valence-corrected chi connectivity index (χ1v) is 9.45. The molecule has 0 atom stereocenters. The number of fused-ring (bicyclic) bond motifs is 1. The van der Waals surface area contributed by atoms with E-state index in [0.717, 1.165) is 35.5 Å². The van der Waals surface area contributed by atoms with Crippen molar-refractivity contribution >= 4 is 23.4 Å². The Morgan fingerprint density at radius 1 is 1.27 bits per heavy atom. The van der Waals surface area contributed by atoms with Gasteiger partial charge in [0.05, 0.1) is 18.9 Å². The zero-order valence-corrected chi connectivity index (χ0v) is 15.6. The summed E-state index contributed by atoms with van der Waals surface area (Å²) < 4.78 is 8.94. The lowest BCUT2D eigenvalue weighted by molar-refractivity contribution is 0.121. The molecule has 0 amide bonds. The quantitative estimate of drug-likeness (QED) is 0.638. The van der Waals surface area contributed by atoms with Gasteiger partial charge in [-0.25, -0.2) is 4.98 Å². The van der Waals surface area contributed by atoms with E-state index in [1.807, 2.05) is 30.7 Å². The number of hydrogen-bond acceptors (Lipinski definition) is 7. The number of hydrogen-bond donors (Lipinski definition) is 0. The van der Waals surface area contributed by atoms with Crippen LogP contribution in [0.2, 0.25) is 0 Å². The Morgan fingerprint density at radius 2 is 2.08 bits per heavy atom. The summed E-state index contributed by atoms with van der Waals surface area (Å²) in [5, 5.41) is 9.40. The first-order valence-electron chi connectivity index (χ1n) is 8.46. The fourth-order valence-corrected chi connectivity index (χ4v) is 3.79. The first kappa shape index (κ1) is 17.0. The monoisotopic (exact) mass is 372 g/mol. The lowest BCUT2D eigenvalue weighted by Gasteiger charge is -2.27. The van der Waals surface area contributed by atoms with Gasteiger partial charge in [0, 0.05) is 38.2 Å². The molecule has 0 radical (unpaired) electrons. The molecule has 1 aliphatic rings.